The second-order valence-electron chi connectivity index (χ2n) is 6.39. The predicted molar refractivity (Wildman–Crippen MR) is 107 cm³/mol. The third-order valence-electron chi connectivity index (χ3n) is 4.43. The fourth-order valence-electron chi connectivity index (χ4n) is 2.79. The molecule has 0 N–H and O–H groups in total. The zero-order chi connectivity index (χ0) is 20.3. The lowest BCUT2D eigenvalue weighted by molar-refractivity contribution is 0.100. The van der Waals surface area contributed by atoms with Gasteiger partial charge in [-0.2, -0.15) is 4.31 Å². The minimum absolute atomic E-state index is 0.0395. The van der Waals surface area contributed by atoms with E-state index in [0.717, 1.165) is 23.6 Å². The normalized spacial score (nSPS) is 11.2. The Morgan fingerprint density at radius 3 is 2.11 bits per heavy atom. The fraction of sp³-hybridized carbons (Fsp3) is 0.136. The number of nitrogens with zero attached hydrogens (tertiary/aromatic N) is 1. The van der Waals surface area contributed by atoms with Crippen molar-refractivity contribution in [1.29, 1.82) is 0 Å². The summed E-state index contributed by atoms with van der Waals surface area (Å²) in [5.74, 6) is -1.72. The van der Waals surface area contributed by atoms with Crippen LogP contribution in [0.2, 0.25) is 0 Å². The van der Waals surface area contributed by atoms with E-state index >= 15 is 0 Å². The largest absolute Gasteiger partial charge is 0.275 e. The Kier molecular flexibility index (Phi) is 5.61. The van der Waals surface area contributed by atoms with Crippen molar-refractivity contribution in [1.82, 2.24) is 0 Å². The van der Waals surface area contributed by atoms with Crippen molar-refractivity contribution in [2.45, 2.75) is 25.2 Å². The molecule has 0 aliphatic heterocycles. The number of hydrogen-bond donors (Lipinski definition) is 0. The molecular formula is C22H20FNO3S. The Balaban J connectivity index is 2.17. The zero-order valence-electron chi connectivity index (χ0n) is 15.6. The Labute approximate surface area is 164 Å². The monoisotopic (exact) mass is 397 g/mol. The van der Waals surface area contributed by atoms with Crippen LogP contribution in [-0.4, -0.2) is 14.3 Å². The van der Waals surface area contributed by atoms with E-state index in [9.17, 15) is 17.6 Å². The van der Waals surface area contributed by atoms with Gasteiger partial charge in [-0.25, -0.2) is 12.8 Å². The minimum atomic E-state index is -4.24. The average molecular weight is 397 g/mol. The number of rotatable bonds is 5. The lowest BCUT2D eigenvalue weighted by Gasteiger charge is -2.23. The number of anilines is 1. The number of amides is 1. The standard InChI is InChI=1S/C22H20FNO3S/c1-3-17-10-12-18(13-11-17)24(22(25)20-6-4-5-7-21(20)23)28(26,27)19-14-8-16(2)9-15-19/h4-15H,3H2,1-2H3. The molecule has 0 unspecified atom stereocenters. The van der Waals surface area contributed by atoms with E-state index in [0.29, 0.717) is 4.31 Å². The summed E-state index contributed by atoms with van der Waals surface area (Å²) in [6.45, 7) is 3.81. The van der Waals surface area contributed by atoms with Crippen LogP contribution in [0.3, 0.4) is 0 Å². The number of hydrogen-bond acceptors (Lipinski definition) is 3. The molecule has 4 nitrogen and oxygen atoms in total. The summed E-state index contributed by atoms with van der Waals surface area (Å²) in [5, 5.41) is 0. The summed E-state index contributed by atoms with van der Waals surface area (Å²) in [6, 6.07) is 18.1. The van der Waals surface area contributed by atoms with Gasteiger partial charge in [0.15, 0.2) is 0 Å². The number of carbonyl (C=O) groups is 1. The Hall–Kier alpha value is -2.99. The highest BCUT2D eigenvalue weighted by molar-refractivity contribution is 7.93. The highest BCUT2D eigenvalue weighted by atomic mass is 32.2. The van der Waals surface area contributed by atoms with Crippen molar-refractivity contribution in [2.75, 3.05) is 4.31 Å². The first-order valence-electron chi connectivity index (χ1n) is 8.84. The first-order valence-corrected chi connectivity index (χ1v) is 10.3. The highest BCUT2D eigenvalue weighted by Gasteiger charge is 2.33. The van der Waals surface area contributed by atoms with Crippen molar-refractivity contribution in [3.8, 4) is 0 Å². The van der Waals surface area contributed by atoms with Crippen molar-refractivity contribution < 1.29 is 17.6 Å². The van der Waals surface area contributed by atoms with Gasteiger partial charge in [0, 0.05) is 0 Å². The number of benzene rings is 3. The van der Waals surface area contributed by atoms with E-state index in [1.165, 1.54) is 30.3 Å². The van der Waals surface area contributed by atoms with Crippen molar-refractivity contribution >= 4 is 21.6 Å². The number of aryl methyl sites for hydroxylation is 2. The van der Waals surface area contributed by atoms with Gasteiger partial charge in [-0.05, 0) is 55.3 Å². The van der Waals surface area contributed by atoms with Gasteiger partial charge in [0.25, 0.3) is 15.9 Å². The molecule has 0 heterocycles. The molecule has 3 rings (SSSR count). The fourth-order valence-corrected chi connectivity index (χ4v) is 4.20. The van der Waals surface area contributed by atoms with Gasteiger partial charge in [-0.3, -0.25) is 4.79 Å². The molecule has 6 heteroatoms. The van der Waals surface area contributed by atoms with Crippen LogP contribution in [0.4, 0.5) is 10.1 Å². The van der Waals surface area contributed by atoms with Crippen LogP contribution in [0, 0.1) is 12.7 Å². The number of carbonyl (C=O) groups excluding carboxylic acids is 1. The summed E-state index contributed by atoms with van der Waals surface area (Å²) in [4.78, 5) is 13.1. The first kappa shape index (κ1) is 19.8. The van der Waals surface area contributed by atoms with Gasteiger partial charge in [0.1, 0.15) is 5.82 Å². The van der Waals surface area contributed by atoms with E-state index in [4.69, 9.17) is 0 Å². The molecule has 0 fully saturated rings. The Morgan fingerprint density at radius 2 is 1.54 bits per heavy atom. The summed E-state index contributed by atoms with van der Waals surface area (Å²) in [7, 11) is -4.24. The summed E-state index contributed by atoms with van der Waals surface area (Å²) in [6.07, 6.45) is 0.770. The lowest BCUT2D eigenvalue weighted by Crippen LogP contribution is -2.37. The zero-order valence-corrected chi connectivity index (χ0v) is 16.4. The summed E-state index contributed by atoms with van der Waals surface area (Å²) < 4.78 is 41.5. The third kappa shape index (κ3) is 3.82. The highest BCUT2D eigenvalue weighted by Crippen LogP contribution is 2.27. The molecule has 0 aromatic heterocycles. The van der Waals surface area contributed by atoms with Gasteiger partial charge in [-0.15, -0.1) is 0 Å². The van der Waals surface area contributed by atoms with Crippen LogP contribution < -0.4 is 4.31 Å². The maximum atomic E-state index is 14.2. The third-order valence-corrected chi connectivity index (χ3v) is 6.15. The number of sulfonamides is 1. The smallest absolute Gasteiger partial charge is 0.267 e. The topological polar surface area (TPSA) is 54.5 Å². The molecule has 0 saturated carbocycles. The maximum absolute atomic E-state index is 14.2. The van der Waals surface area contributed by atoms with Crippen molar-refractivity contribution in [3.05, 3.63) is 95.3 Å². The Morgan fingerprint density at radius 1 is 0.929 bits per heavy atom. The molecule has 0 spiro atoms. The van der Waals surface area contributed by atoms with Crippen LogP contribution in [0.1, 0.15) is 28.4 Å². The molecule has 0 bridgehead atoms. The lowest BCUT2D eigenvalue weighted by atomic mass is 10.1. The van der Waals surface area contributed by atoms with E-state index in [1.54, 1.807) is 36.4 Å². The molecule has 144 valence electrons. The molecule has 28 heavy (non-hydrogen) atoms. The van der Waals surface area contributed by atoms with Gasteiger partial charge in [0.2, 0.25) is 0 Å². The quantitative estimate of drug-likeness (QED) is 0.625. The predicted octanol–water partition coefficient (Wildman–Crippen LogP) is 4.73. The number of halogens is 1. The molecule has 0 atom stereocenters. The van der Waals surface area contributed by atoms with Gasteiger partial charge in [0.05, 0.1) is 16.1 Å². The molecule has 0 radical (unpaired) electrons. The van der Waals surface area contributed by atoms with E-state index in [-0.39, 0.29) is 16.1 Å². The van der Waals surface area contributed by atoms with Crippen LogP contribution >= 0.6 is 0 Å². The summed E-state index contributed by atoms with van der Waals surface area (Å²) >= 11 is 0. The SMILES string of the molecule is CCc1ccc(N(C(=O)c2ccccc2F)S(=O)(=O)c2ccc(C)cc2)cc1. The van der Waals surface area contributed by atoms with Crippen molar-refractivity contribution in [2.24, 2.45) is 0 Å². The molecule has 0 aliphatic rings. The molecule has 0 aliphatic carbocycles. The van der Waals surface area contributed by atoms with Gasteiger partial charge in [-0.1, -0.05) is 48.9 Å². The van der Waals surface area contributed by atoms with E-state index in [1.807, 2.05) is 13.8 Å². The minimum Gasteiger partial charge on any atom is -0.267 e. The van der Waals surface area contributed by atoms with Crippen LogP contribution in [0.5, 0.6) is 0 Å². The van der Waals surface area contributed by atoms with Crippen molar-refractivity contribution in [3.63, 3.8) is 0 Å². The van der Waals surface area contributed by atoms with E-state index < -0.39 is 21.7 Å². The Bertz CT molecular complexity index is 1090. The summed E-state index contributed by atoms with van der Waals surface area (Å²) in [5.41, 5.74) is 1.73. The van der Waals surface area contributed by atoms with Gasteiger partial charge >= 0.3 is 0 Å². The molecule has 3 aromatic rings. The van der Waals surface area contributed by atoms with Gasteiger partial charge < -0.3 is 0 Å². The van der Waals surface area contributed by atoms with E-state index in [2.05, 4.69) is 0 Å². The second kappa shape index (κ2) is 7.94. The maximum Gasteiger partial charge on any atom is 0.275 e. The second-order valence-corrected chi connectivity index (χ2v) is 8.17. The molecule has 0 saturated heterocycles. The molecule has 1 amide bonds. The molecular weight excluding hydrogens is 377 g/mol. The average Bonchev–Trinajstić information content (AvgIpc) is 2.69. The van der Waals surface area contributed by atoms with Crippen LogP contribution in [0.25, 0.3) is 0 Å². The van der Waals surface area contributed by atoms with Crippen LogP contribution in [0.15, 0.2) is 77.7 Å². The van der Waals surface area contributed by atoms with Crippen LogP contribution in [-0.2, 0) is 16.4 Å². The molecule has 3 aromatic carbocycles. The first-order chi connectivity index (χ1) is 13.3.